The summed E-state index contributed by atoms with van der Waals surface area (Å²) in [5.41, 5.74) is 3.25. The lowest BCUT2D eigenvalue weighted by Crippen LogP contribution is -2.02. The van der Waals surface area contributed by atoms with E-state index >= 15 is 0 Å². The third kappa shape index (κ3) is 5.91. The van der Waals surface area contributed by atoms with E-state index in [1.165, 1.54) is 6.39 Å². The summed E-state index contributed by atoms with van der Waals surface area (Å²) in [4.78, 5) is 8.45. The van der Waals surface area contributed by atoms with Crippen molar-refractivity contribution in [3.05, 3.63) is 114 Å². The first-order valence-electron chi connectivity index (χ1n) is 12.8. The van der Waals surface area contributed by atoms with Crippen LogP contribution in [0, 0.1) is 6.92 Å². The van der Waals surface area contributed by atoms with Gasteiger partial charge in [-0.1, -0.05) is 24.3 Å². The van der Waals surface area contributed by atoms with E-state index in [9.17, 15) is 0 Å². The summed E-state index contributed by atoms with van der Waals surface area (Å²) in [5, 5.41) is 4.67. The number of nitrogens with zero attached hydrogens (tertiary/aromatic N) is 4. The fourth-order valence-corrected chi connectivity index (χ4v) is 4.08. The minimum Gasteiger partial charge on any atom is -0.493 e. The van der Waals surface area contributed by atoms with Gasteiger partial charge in [-0.05, 0) is 61.0 Å². The van der Waals surface area contributed by atoms with Crippen molar-refractivity contribution in [1.82, 2.24) is 19.7 Å². The standard InChI is InChI=1S/C31H26N4O6/c1-21-26(33-31(41-21)28-9-6-14-37-28)19-38-27-13-10-22(15-29(27)36-2)18-39-30-23(11-12-25-16-32-20-40-25)17-35(34-30)24-7-4-3-5-8-24/h3-17,20H,18-19H2,1-2H3. The molecule has 0 N–H and O–H groups in total. The Morgan fingerprint density at radius 3 is 2.61 bits per heavy atom. The highest BCUT2D eigenvalue weighted by Gasteiger charge is 2.16. The van der Waals surface area contributed by atoms with E-state index in [4.69, 9.17) is 27.5 Å². The van der Waals surface area contributed by atoms with Crippen LogP contribution in [0.2, 0.25) is 0 Å². The van der Waals surface area contributed by atoms with E-state index in [0.717, 1.165) is 16.8 Å². The number of ether oxygens (including phenoxy) is 3. The number of hydrogen-bond acceptors (Lipinski definition) is 9. The van der Waals surface area contributed by atoms with Crippen molar-refractivity contribution in [1.29, 1.82) is 0 Å². The van der Waals surface area contributed by atoms with Gasteiger partial charge in [-0.2, -0.15) is 0 Å². The van der Waals surface area contributed by atoms with Gasteiger partial charge in [0.2, 0.25) is 5.88 Å². The monoisotopic (exact) mass is 550 g/mol. The molecule has 0 bridgehead atoms. The van der Waals surface area contributed by atoms with Gasteiger partial charge in [0.15, 0.2) is 23.7 Å². The van der Waals surface area contributed by atoms with Crippen molar-refractivity contribution >= 4 is 12.2 Å². The molecule has 0 aliphatic heterocycles. The Bertz CT molecular complexity index is 1730. The van der Waals surface area contributed by atoms with Crippen LogP contribution in [0.25, 0.3) is 29.5 Å². The lowest BCUT2D eigenvalue weighted by Gasteiger charge is -2.12. The first-order chi connectivity index (χ1) is 20.2. The molecule has 4 aromatic heterocycles. The maximum Gasteiger partial charge on any atom is 0.263 e. The first-order valence-corrected chi connectivity index (χ1v) is 12.8. The summed E-state index contributed by atoms with van der Waals surface area (Å²) in [6.07, 6.45) is 10.2. The normalized spacial score (nSPS) is 11.3. The van der Waals surface area contributed by atoms with Gasteiger partial charge in [0.05, 0.1) is 30.8 Å². The SMILES string of the molecule is COc1cc(COc2nn(-c3ccccc3)cc2C=Cc2cnco2)ccc1OCc1nc(-c2ccco2)oc1C. The smallest absolute Gasteiger partial charge is 0.263 e. The molecule has 206 valence electrons. The molecule has 6 aromatic rings. The van der Waals surface area contributed by atoms with Crippen LogP contribution in [0.5, 0.6) is 17.4 Å². The number of methoxy groups -OCH3 is 1. The third-order valence-corrected chi connectivity index (χ3v) is 6.20. The van der Waals surface area contributed by atoms with E-state index in [0.29, 0.717) is 46.2 Å². The van der Waals surface area contributed by atoms with Crippen LogP contribution in [0.3, 0.4) is 0 Å². The zero-order valence-electron chi connectivity index (χ0n) is 22.4. The average molecular weight is 551 g/mol. The van der Waals surface area contributed by atoms with E-state index < -0.39 is 0 Å². The Balaban J connectivity index is 1.16. The van der Waals surface area contributed by atoms with Crippen LogP contribution in [-0.4, -0.2) is 26.9 Å². The molecule has 0 fully saturated rings. The Morgan fingerprint density at radius 2 is 1.83 bits per heavy atom. The summed E-state index contributed by atoms with van der Waals surface area (Å²) >= 11 is 0. The number of oxazole rings is 2. The fourth-order valence-electron chi connectivity index (χ4n) is 4.08. The minimum absolute atomic E-state index is 0.208. The largest absolute Gasteiger partial charge is 0.493 e. The molecule has 0 atom stereocenters. The summed E-state index contributed by atoms with van der Waals surface area (Å²) in [5.74, 6) is 3.87. The molecule has 0 aliphatic rings. The molecule has 0 spiro atoms. The summed E-state index contributed by atoms with van der Waals surface area (Å²) in [6, 6.07) is 19.0. The van der Waals surface area contributed by atoms with Gasteiger partial charge in [-0.15, -0.1) is 5.10 Å². The van der Waals surface area contributed by atoms with Crippen LogP contribution in [0.1, 0.15) is 28.3 Å². The van der Waals surface area contributed by atoms with E-state index in [2.05, 4.69) is 15.1 Å². The number of rotatable bonds is 11. The van der Waals surface area contributed by atoms with Crippen LogP contribution >= 0.6 is 0 Å². The first kappa shape index (κ1) is 25.8. The predicted octanol–water partition coefficient (Wildman–Crippen LogP) is 6.75. The summed E-state index contributed by atoms with van der Waals surface area (Å²) in [7, 11) is 1.59. The molecule has 0 radical (unpaired) electrons. The van der Waals surface area contributed by atoms with Crippen LogP contribution in [0.15, 0.2) is 99.0 Å². The van der Waals surface area contributed by atoms with E-state index in [1.807, 2.05) is 73.8 Å². The molecule has 4 heterocycles. The van der Waals surface area contributed by atoms with Gasteiger partial charge >= 0.3 is 0 Å². The van der Waals surface area contributed by atoms with E-state index in [1.54, 1.807) is 36.4 Å². The molecule has 0 amide bonds. The number of para-hydroxylation sites is 1. The molecular formula is C31H26N4O6. The number of aromatic nitrogens is 4. The van der Waals surface area contributed by atoms with Gasteiger partial charge in [0.25, 0.3) is 5.89 Å². The zero-order chi connectivity index (χ0) is 28.0. The molecule has 41 heavy (non-hydrogen) atoms. The Labute approximate surface area is 235 Å². The van der Waals surface area contributed by atoms with Crippen molar-refractivity contribution in [2.24, 2.45) is 0 Å². The van der Waals surface area contributed by atoms with Gasteiger partial charge < -0.3 is 27.5 Å². The number of benzene rings is 2. The van der Waals surface area contributed by atoms with Crippen molar-refractivity contribution < 1.29 is 27.5 Å². The topological polar surface area (TPSA) is 111 Å². The van der Waals surface area contributed by atoms with Crippen molar-refractivity contribution in [2.75, 3.05) is 7.11 Å². The molecule has 10 nitrogen and oxygen atoms in total. The number of furan rings is 1. The average Bonchev–Trinajstić information content (AvgIpc) is 3.82. The minimum atomic E-state index is 0.208. The lowest BCUT2D eigenvalue weighted by atomic mass is 10.2. The second-order valence-corrected chi connectivity index (χ2v) is 8.97. The van der Waals surface area contributed by atoms with Crippen LogP contribution < -0.4 is 14.2 Å². The zero-order valence-corrected chi connectivity index (χ0v) is 22.4. The number of hydrogen-bond donors (Lipinski definition) is 0. The van der Waals surface area contributed by atoms with Crippen LogP contribution in [-0.2, 0) is 13.2 Å². The maximum absolute atomic E-state index is 6.16. The molecule has 0 saturated carbocycles. The predicted molar refractivity (Wildman–Crippen MR) is 150 cm³/mol. The Hall–Kier alpha value is -5.51. The molecule has 0 unspecified atom stereocenters. The highest BCUT2D eigenvalue weighted by atomic mass is 16.5. The van der Waals surface area contributed by atoms with Gasteiger partial charge in [0, 0.05) is 6.20 Å². The Kier molecular flexibility index (Phi) is 7.35. The Morgan fingerprint density at radius 1 is 0.927 bits per heavy atom. The molecule has 6 rings (SSSR count). The van der Waals surface area contributed by atoms with Crippen molar-refractivity contribution in [3.8, 4) is 34.7 Å². The van der Waals surface area contributed by atoms with Gasteiger partial charge in [-0.25, -0.2) is 14.6 Å². The van der Waals surface area contributed by atoms with Crippen molar-refractivity contribution in [2.45, 2.75) is 20.1 Å². The van der Waals surface area contributed by atoms with E-state index in [-0.39, 0.29) is 13.2 Å². The number of aryl methyl sites for hydroxylation is 1. The molecule has 2 aromatic carbocycles. The van der Waals surface area contributed by atoms with Crippen LogP contribution in [0.4, 0.5) is 0 Å². The fraction of sp³-hybridized carbons (Fsp3) is 0.129. The molecule has 0 saturated heterocycles. The molecular weight excluding hydrogens is 524 g/mol. The third-order valence-electron chi connectivity index (χ3n) is 6.20. The molecule has 10 heteroatoms. The highest BCUT2D eigenvalue weighted by molar-refractivity contribution is 5.69. The maximum atomic E-state index is 6.16. The quantitative estimate of drug-likeness (QED) is 0.173. The summed E-state index contributed by atoms with van der Waals surface area (Å²) < 4.78 is 36.0. The lowest BCUT2D eigenvalue weighted by molar-refractivity contribution is 0.275. The van der Waals surface area contributed by atoms with Gasteiger partial charge in [0.1, 0.15) is 30.4 Å². The highest BCUT2D eigenvalue weighted by Crippen LogP contribution is 2.31. The molecule has 0 aliphatic carbocycles. The van der Waals surface area contributed by atoms with Crippen molar-refractivity contribution in [3.63, 3.8) is 0 Å². The second-order valence-electron chi connectivity index (χ2n) is 8.97. The van der Waals surface area contributed by atoms with Gasteiger partial charge in [-0.3, -0.25) is 0 Å². The second kappa shape index (κ2) is 11.7. The summed E-state index contributed by atoms with van der Waals surface area (Å²) in [6.45, 7) is 2.31.